The Bertz CT molecular complexity index is 1170. The van der Waals surface area contributed by atoms with Crippen LogP contribution < -0.4 is 4.74 Å². The number of benzene rings is 4. The zero-order valence-corrected chi connectivity index (χ0v) is 15.5. The second-order valence-electron chi connectivity index (χ2n) is 7.76. The summed E-state index contributed by atoms with van der Waals surface area (Å²) in [6, 6.07) is 22.5. The van der Waals surface area contributed by atoms with Crippen LogP contribution in [0.15, 0.2) is 60.7 Å². The Labute approximate surface area is 154 Å². The number of aryl methyl sites for hydroxylation is 1. The molecule has 128 valence electrons. The molecular formula is C25H22O. The maximum atomic E-state index is 6.14. The summed E-state index contributed by atoms with van der Waals surface area (Å²) in [5, 5.41) is 5.11. The molecule has 4 aromatic carbocycles. The Morgan fingerprint density at radius 2 is 1.46 bits per heavy atom. The summed E-state index contributed by atoms with van der Waals surface area (Å²) in [5.41, 5.74) is 6.45. The van der Waals surface area contributed by atoms with Gasteiger partial charge in [-0.1, -0.05) is 55.8 Å². The molecule has 1 heteroatoms. The Morgan fingerprint density at radius 3 is 2.27 bits per heavy atom. The third-order valence-corrected chi connectivity index (χ3v) is 5.52. The molecule has 1 aliphatic heterocycles. The van der Waals surface area contributed by atoms with Crippen molar-refractivity contribution in [3.8, 4) is 16.9 Å². The van der Waals surface area contributed by atoms with Crippen molar-refractivity contribution in [3.05, 3.63) is 77.4 Å². The molecule has 0 bridgehead atoms. The van der Waals surface area contributed by atoms with Crippen molar-refractivity contribution >= 4 is 21.5 Å². The van der Waals surface area contributed by atoms with E-state index in [0.717, 1.165) is 5.75 Å². The quantitative estimate of drug-likeness (QED) is 0.363. The van der Waals surface area contributed by atoms with E-state index in [-0.39, 0.29) is 0 Å². The number of hydrogen-bond acceptors (Lipinski definition) is 1. The van der Waals surface area contributed by atoms with Crippen molar-refractivity contribution in [1.82, 2.24) is 0 Å². The van der Waals surface area contributed by atoms with Crippen molar-refractivity contribution in [3.63, 3.8) is 0 Å². The highest BCUT2D eigenvalue weighted by Crippen LogP contribution is 2.42. The summed E-state index contributed by atoms with van der Waals surface area (Å²) < 4.78 is 6.14. The first kappa shape index (κ1) is 15.5. The number of rotatable bonds is 1. The fourth-order valence-corrected chi connectivity index (χ4v) is 3.97. The van der Waals surface area contributed by atoms with Gasteiger partial charge >= 0.3 is 0 Å². The van der Waals surface area contributed by atoms with Crippen molar-refractivity contribution in [2.45, 2.75) is 33.3 Å². The minimum atomic E-state index is 0.534. The molecule has 0 radical (unpaired) electrons. The van der Waals surface area contributed by atoms with E-state index in [1.165, 1.54) is 49.4 Å². The fraction of sp³-hybridized carbons (Fsp3) is 0.200. The number of hydrogen-bond donors (Lipinski definition) is 0. The highest BCUT2D eigenvalue weighted by Gasteiger charge is 2.19. The van der Waals surface area contributed by atoms with Crippen LogP contribution in [0.25, 0.3) is 32.7 Å². The van der Waals surface area contributed by atoms with Crippen LogP contribution >= 0.6 is 0 Å². The van der Waals surface area contributed by atoms with Gasteiger partial charge in [-0.3, -0.25) is 0 Å². The summed E-state index contributed by atoms with van der Waals surface area (Å²) in [6.07, 6.45) is 0. The van der Waals surface area contributed by atoms with E-state index in [1.807, 2.05) is 0 Å². The lowest BCUT2D eigenvalue weighted by atomic mass is 9.90. The molecule has 0 unspecified atom stereocenters. The van der Waals surface area contributed by atoms with Gasteiger partial charge in [-0.15, -0.1) is 0 Å². The second-order valence-corrected chi connectivity index (χ2v) is 7.76. The minimum absolute atomic E-state index is 0.534. The Morgan fingerprint density at radius 1 is 0.731 bits per heavy atom. The third-order valence-electron chi connectivity index (χ3n) is 5.52. The van der Waals surface area contributed by atoms with Gasteiger partial charge in [-0.05, 0) is 75.3 Å². The van der Waals surface area contributed by atoms with Crippen LogP contribution in [0, 0.1) is 6.92 Å². The van der Waals surface area contributed by atoms with Gasteiger partial charge in [0.1, 0.15) is 12.4 Å². The fourth-order valence-electron chi connectivity index (χ4n) is 3.97. The summed E-state index contributed by atoms with van der Waals surface area (Å²) in [5.74, 6) is 1.53. The molecule has 0 atom stereocenters. The van der Waals surface area contributed by atoms with Crippen molar-refractivity contribution < 1.29 is 4.74 Å². The van der Waals surface area contributed by atoms with Gasteiger partial charge in [0.2, 0.25) is 0 Å². The molecule has 1 heterocycles. The maximum absolute atomic E-state index is 6.14. The molecule has 0 N–H and O–H groups in total. The predicted octanol–water partition coefficient (Wildman–Crippen LogP) is 6.98. The van der Waals surface area contributed by atoms with E-state index in [9.17, 15) is 0 Å². The van der Waals surface area contributed by atoms with Gasteiger partial charge in [-0.2, -0.15) is 0 Å². The van der Waals surface area contributed by atoms with E-state index >= 15 is 0 Å². The second kappa shape index (κ2) is 5.60. The van der Waals surface area contributed by atoms with E-state index in [1.54, 1.807) is 0 Å². The van der Waals surface area contributed by atoms with E-state index in [2.05, 4.69) is 81.4 Å². The van der Waals surface area contributed by atoms with Crippen LogP contribution in [0.5, 0.6) is 5.75 Å². The van der Waals surface area contributed by atoms with Gasteiger partial charge < -0.3 is 4.74 Å². The van der Waals surface area contributed by atoms with Gasteiger partial charge in [-0.25, -0.2) is 0 Å². The lowest BCUT2D eigenvalue weighted by molar-refractivity contribution is 0.303. The molecule has 0 aromatic heterocycles. The molecule has 5 rings (SSSR count). The largest absolute Gasteiger partial charge is 0.488 e. The molecule has 0 saturated carbocycles. The van der Waals surface area contributed by atoms with Crippen LogP contribution in [-0.4, -0.2) is 0 Å². The van der Waals surface area contributed by atoms with Crippen molar-refractivity contribution in [1.29, 1.82) is 0 Å². The zero-order valence-electron chi connectivity index (χ0n) is 15.5. The smallest absolute Gasteiger partial charge is 0.128 e. The molecule has 0 spiro atoms. The van der Waals surface area contributed by atoms with Crippen molar-refractivity contribution in [2.75, 3.05) is 0 Å². The third kappa shape index (κ3) is 2.39. The SMILES string of the molecule is Cc1ccc2cc3c(cc2c1)COc1cc2cc(C(C)C)ccc2cc1-3. The number of ether oxygens (including phenoxy) is 1. The predicted molar refractivity (Wildman–Crippen MR) is 110 cm³/mol. The van der Waals surface area contributed by atoms with Crippen LogP contribution in [0.2, 0.25) is 0 Å². The average Bonchev–Trinajstić information content (AvgIpc) is 2.64. The van der Waals surface area contributed by atoms with Crippen molar-refractivity contribution in [2.24, 2.45) is 0 Å². The zero-order chi connectivity index (χ0) is 17.8. The Kier molecular flexibility index (Phi) is 3.33. The van der Waals surface area contributed by atoms with Gasteiger partial charge in [0.15, 0.2) is 0 Å². The first-order chi connectivity index (χ1) is 12.6. The topological polar surface area (TPSA) is 9.23 Å². The lowest BCUT2D eigenvalue weighted by Gasteiger charge is -2.22. The van der Waals surface area contributed by atoms with E-state index in [0.29, 0.717) is 12.5 Å². The van der Waals surface area contributed by atoms with E-state index < -0.39 is 0 Å². The molecule has 26 heavy (non-hydrogen) atoms. The average molecular weight is 338 g/mol. The molecule has 1 nitrogen and oxygen atoms in total. The first-order valence-electron chi connectivity index (χ1n) is 9.33. The highest BCUT2D eigenvalue weighted by molar-refractivity contribution is 5.96. The van der Waals surface area contributed by atoms with E-state index in [4.69, 9.17) is 4.74 Å². The van der Waals surface area contributed by atoms with Crippen LogP contribution in [0.3, 0.4) is 0 Å². The van der Waals surface area contributed by atoms with Crippen LogP contribution in [0.1, 0.15) is 36.5 Å². The number of fused-ring (bicyclic) bond motifs is 5. The highest BCUT2D eigenvalue weighted by atomic mass is 16.5. The molecule has 4 aromatic rings. The summed E-state index contributed by atoms with van der Waals surface area (Å²) >= 11 is 0. The van der Waals surface area contributed by atoms with Gasteiger partial charge in [0.05, 0.1) is 0 Å². The first-order valence-corrected chi connectivity index (χ1v) is 9.33. The molecular weight excluding hydrogens is 316 g/mol. The molecule has 1 aliphatic rings. The summed E-state index contributed by atoms with van der Waals surface area (Å²) in [4.78, 5) is 0. The minimum Gasteiger partial charge on any atom is -0.488 e. The Hall–Kier alpha value is -2.80. The van der Waals surface area contributed by atoms with Gasteiger partial charge in [0, 0.05) is 5.56 Å². The maximum Gasteiger partial charge on any atom is 0.128 e. The lowest BCUT2D eigenvalue weighted by Crippen LogP contribution is -2.05. The normalized spacial score (nSPS) is 12.9. The monoisotopic (exact) mass is 338 g/mol. The summed E-state index contributed by atoms with van der Waals surface area (Å²) in [7, 11) is 0. The molecule has 0 amide bonds. The van der Waals surface area contributed by atoms with Crippen LogP contribution in [-0.2, 0) is 6.61 Å². The summed E-state index contributed by atoms with van der Waals surface area (Å²) in [6.45, 7) is 7.25. The molecule has 0 aliphatic carbocycles. The molecule has 0 saturated heterocycles. The van der Waals surface area contributed by atoms with Crippen LogP contribution in [0.4, 0.5) is 0 Å². The Balaban J connectivity index is 1.73. The standard InChI is InChI=1S/C25H22O/c1-15(2)17-6-7-19-12-24-23-11-18-5-4-16(3)8-20(18)10-22(23)14-26-25(24)13-21(19)9-17/h4-13,15H,14H2,1-3H3. The van der Waals surface area contributed by atoms with Gasteiger partial charge in [0.25, 0.3) is 0 Å². The molecule has 0 fully saturated rings.